The Labute approximate surface area is 387 Å². The summed E-state index contributed by atoms with van der Waals surface area (Å²) in [6.07, 6.45) is 8.45. The van der Waals surface area contributed by atoms with Crippen LogP contribution >= 0.6 is 0 Å². The highest BCUT2D eigenvalue weighted by molar-refractivity contribution is 5.75. The molecule has 2 saturated carbocycles. The van der Waals surface area contributed by atoms with Gasteiger partial charge >= 0.3 is 0 Å². The Kier molecular flexibility index (Phi) is 11.7. The third kappa shape index (κ3) is 8.25. The largest absolute Gasteiger partial charge is 0.481 e. The maximum atomic E-state index is 13.6. The molecule has 4 bridgehead atoms. The molecule has 4 fully saturated rings. The topological polar surface area (TPSA) is 132 Å². The number of nitrogens with one attached hydrogen (secondary N) is 3. The van der Waals surface area contributed by atoms with Crippen molar-refractivity contribution in [1.82, 2.24) is 35.2 Å². The van der Waals surface area contributed by atoms with Crippen molar-refractivity contribution in [1.29, 1.82) is 0 Å². The lowest BCUT2D eigenvalue weighted by Crippen LogP contribution is -2.43. The molecule has 66 heavy (non-hydrogen) atoms. The van der Waals surface area contributed by atoms with Crippen LogP contribution in [-0.4, -0.2) is 90.4 Å². The molecule has 348 valence electrons. The predicted molar refractivity (Wildman–Crippen MR) is 257 cm³/mol. The van der Waals surface area contributed by atoms with E-state index in [0.717, 1.165) is 127 Å². The van der Waals surface area contributed by atoms with Crippen molar-refractivity contribution in [2.45, 2.75) is 77.0 Å². The number of hydrogen-bond donors (Lipinski definition) is 3. The Bertz CT molecular complexity index is 2530. The van der Waals surface area contributed by atoms with Crippen LogP contribution in [0.5, 0.6) is 5.88 Å². The molecule has 0 spiro atoms. The third-order valence-corrected chi connectivity index (χ3v) is 15.6. The fourth-order valence-electron chi connectivity index (χ4n) is 12.4. The van der Waals surface area contributed by atoms with Gasteiger partial charge in [-0.15, -0.1) is 0 Å². The van der Waals surface area contributed by atoms with E-state index in [9.17, 15) is 8.78 Å². The monoisotopic (exact) mass is 899 g/mol. The molecule has 2 aromatic carbocycles. The third-order valence-electron chi connectivity index (χ3n) is 15.6. The zero-order chi connectivity index (χ0) is 45.9. The average Bonchev–Trinajstić information content (AvgIpc) is 3.90. The molecule has 4 atom stereocenters. The van der Waals surface area contributed by atoms with E-state index in [-0.39, 0.29) is 22.5 Å². The number of aromatic nitrogens is 6. The van der Waals surface area contributed by atoms with E-state index < -0.39 is 0 Å². The van der Waals surface area contributed by atoms with Crippen LogP contribution in [0, 0.1) is 47.1 Å². The first-order valence-corrected chi connectivity index (χ1v) is 23.9. The molecule has 6 aliphatic rings. The number of anilines is 7. The molecule has 2 aliphatic carbocycles. The van der Waals surface area contributed by atoms with Gasteiger partial charge in [-0.3, -0.25) is 0 Å². The van der Waals surface area contributed by atoms with Crippen LogP contribution in [0.4, 0.5) is 49.2 Å². The number of halogens is 2. The minimum Gasteiger partial charge on any atom is -0.481 e. The highest BCUT2D eigenvalue weighted by Crippen LogP contribution is 2.50. The summed E-state index contributed by atoms with van der Waals surface area (Å²) < 4.78 is 32.4. The molecule has 3 aromatic heterocycles. The van der Waals surface area contributed by atoms with E-state index in [4.69, 9.17) is 24.7 Å². The number of fused-ring (bicyclic) bond motifs is 6. The molecule has 0 radical (unpaired) electrons. The normalized spacial score (nSPS) is 25.3. The van der Waals surface area contributed by atoms with Gasteiger partial charge in [0.25, 0.3) is 0 Å². The lowest BCUT2D eigenvalue weighted by molar-refractivity contribution is 0.241. The van der Waals surface area contributed by atoms with E-state index in [1.54, 1.807) is 13.4 Å². The molecule has 3 N–H and O–H groups in total. The Morgan fingerprint density at radius 3 is 1.56 bits per heavy atom. The van der Waals surface area contributed by atoms with Crippen LogP contribution in [0.25, 0.3) is 0 Å². The predicted octanol–water partition coefficient (Wildman–Crippen LogP) is 8.47. The molecule has 7 heterocycles. The molecule has 2 saturated heterocycles. The average molecular weight is 899 g/mol. The molecule has 5 aromatic rings. The van der Waals surface area contributed by atoms with Gasteiger partial charge in [0, 0.05) is 92.5 Å². The van der Waals surface area contributed by atoms with Crippen LogP contribution in [0.1, 0.15) is 76.2 Å². The van der Waals surface area contributed by atoms with Crippen molar-refractivity contribution >= 4 is 40.5 Å². The van der Waals surface area contributed by atoms with Crippen LogP contribution in [0.2, 0.25) is 0 Å². The molecule has 4 aliphatic heterocycles. The van der Waals surface area contributed by atoms with E-state index in [2.05, 4.69) is 68.3 Å². The Balaban J connectivity index is 0.000000160. The van der Waals surface area contributed by atoms with Gasteiger partial charge < -0.3 is 35.4 Å². The second kappa shape index (κ2) is 17.5. The first-order chi connectivity index (χ1) is 31.8. The maximum Gasteiger partial charge on any atom is 0.218 e. The van der Waals surface area contributed by atoms with Crippen LogP contribution in [0.15, 0.2) is 60.9 Å². The zero-order valence-electron chi connectivity index (χ0n) is 39.4. The number of nitrogens with zero attached hydrogens (tertiary/aromatic N) is 9. The van der Waals surface area contributed by atoms with Gasteiger partial charge in [0.1, 0.15) is 58.7 Å². The summed E-state index contributed by atoms with van der Waals surface area (Å²) in [5, 5.41) is 10.3. The number of hydrogen-bond acceptors (Lipinski definition) is 13. The van der Waals surface area contributed by atoms with Crippen LogP contribution in [0.3, 0.4) is 0 Å². The molecule has 15 heteroatoms. The summed E-state index contributed by atoms with van der Waals surface area (Å²) >= 11 is 0. The molecule has 0 amide bonds. The Hall–Kier alpha value is -5.70. The van der Waals surface area contributed by atoms with Gasteiger partial charge in [0.2, 0.25) is 5.88 Å². The van der Waals surface area contributed by atoms with Crippen molar-refractivity contribution in [2.75, 3.05) is 85.8 Å². The second-order valence-corrected chi connectivity index (χ2v) is 20.7. The fraction of sp³-hybridized carbons (Fsp3) is 0.529. The van der Waals surface area contributed by atoms with Crippen molar-refractivity contribution in [2.24, 2.45) is 35.5 Å². The van der Waals surface area contributed by atoms with Gasteiger partial charge in [-0.25, -0.2) is 38.7 Å². The minimum atomic E-state index is -0.232. The van der Waals surface area contributed by atoms with Crippen LogP contribution in [-0.2, 0) is 23.7 Å². The molecule has 4 unspecified atom stereocenters. The highest BCUT2D eigenvalue weighted by atomic mass is 19.1. The van der Waals surface area contributed by atoms with Gasteiger partial charge in [-0.2, -0.15) is 0 Å². The standard InChI is InChI=1S/C28H34FN7O.C23H30FN5/c1-28(2)15-36(20-9-7-19(29)8-10-20)27-25(28)26(30-3)33-22(34-27)11-21-17-5-6-18(21)14-35(13-17)23-12-24(37-4)32-16-31-23;1-23(2)13-29(17-8-6-16(24)7-9-17)22-20(23)21(25-3)27-19(28-22)10-18-14-4-5-15(18)12-26-11-14/h7-10,12,16-18,21H,5-6,11,13-15H2,1-4H3,(H,30,33,34);6-9,14-15,18,26H,4-5,10-13H2,1-3H3,(H,25,27,28). The number of benzene rings is 2. The van der Waals surface area contributed by atoms with Crippen molar-refractivity contribution < 1.29 is 13.5 Å². The second-order valence-electron chi connectivity index (χ2n) is 20.7. The summed E-state index contributed by atoms with van der Waals surface area (Å²) in [5.74, 6) is 10.5. The lowest BCUT2D eigenvalue weighted by Gasteiger charge is -2.38. The van der Waals surface area contributed by atoms with Gasteiger partial charge in [0.15, 0.2) is 0 Å². The molecule has 11 rings (SSSR count). The highest BCUT2D eigenvalue weighted by Gasteiger charge is 2.46. The number of piperidine rings is 2. The summed E-state index contributed by atoms with van der Waals surface area (Å²) in [4.78, 5) is 35.7. The van der Waals surface area contributed by atoms with Crippen molar-refractivity contribution in [3.05, 3.63) is 95.3 Å². The van der Waals surface area contributed by atoms with E-state index in [1.165, 1.54) is 49.9 Å². The number of rotatable bonds is 10. The molecular formula is C51H64F2N12O. The Morgan fingerprint density at radius 1 is 0.652 bits per heavy atom. The lowest BCUT2D eigenvalue weighted by atomic mass is 9.82. The quantitative estimate of drug-likeness (QED) is 0.124. The zero-order valence-corrected chi connectivity index (χ0v) is 39.4. The van der Waals surface area contributed by atoms with Crippen LogP contribution < -0.4 is 35.4 Å². The summed E-state index contributed by atoms with van der Waals surface area (Å²) in [5.41, 5.74) is 3.98. The van der Waals surface area contributed by atoms with Gasteiger partial charge in [0.05, 0.1) is 7.11 Å². The van der Waals surface area contributed by atoms with Crippen molar-refractivity contribution in [3.63, 3.8) is 0 Å². The van der Waals surface area contributed by atoms with Gasteiger partial charge in [-0.1, -0.05) is 27.7 Å². The molecule has 13 nitrogen and oxygen atoms in total. The van der Waals surface area contributed by atoms with E-state index >= 15 is 0 Å². The summed E-state index contributed by atoms with van der Waals surface area (Å²) in [7, 11) is 5.51. The number of methoxy groups -OCH3 is 1. The number of ether oxygens (including phenoxy) is 1. The van der Waals surface area contributed by atoms with Crippen molar-refractivity contribution in [3.8, 4) is 5.88 Å². The Morgan fingerprint density at radius 2 is 1.11 bits per heavy atom. The summed E-state index contributed by atoms with van der Waals surface area (Å²) in [6, 6.07) is 15.3. The summed E-state index contributed by atoms with van der Waals surface area (Å²) in [6.45, 7) is 14.7. The van der Waals surface area contributed by atoms with Gasteiger partial charge in [-0.05, 0) is 123 Å². The first-order valence-electron chi connectivity index (χ1n) is 23.9. The minimum absolute atomic E-state index is 0.0889. The SMILES string of the molecule is CNc1nc(CC2C3CCC2CN(c2cc(OC)ncn2)C3)nc2c1C(C)(C)CN2c1ccc(F)cc1.CNc1nc(CC2C3CCC2CNC3)nc2c1C(C)(C)CN2c1ccc(F)cc1. The fourth-order valence-corrected chi connectivity index (χ4v) is 12.4. The molecular weight excluding hydrogens is 835 g/mol. The van der Waals surface area contributed by atoms with E-state index in [0.29, 0.717) is 29.6 Å². The smallest absolute Gasteiger partial charge is 0.218 e. The van der Waals surface area contributed by atoms with E-state index in [1.807, 2.05) is 44.4 Å². The maximum absolute atomic E-state index is 13.6. The first kappa shape index (κ1) is 44.2.